The average Bonchev–Trinajstić information content (AvgIpc) is 2.39. The highest BCUT2D eigenvalue weighted by molar-refractivity contribution is 7.89. The Kier molecular flexibility index (Phi) is 6.40. The van der Waals surface area contributed by atoms with Crippen molar-refractivity contribution >= 4 is 27.3 Å². The Labute approximate surface area is 130 Å². The molecule has 0 heterocycles. The van der Waals surface area contributed by atoms with Crippen LogP contribution in [0.15, 0.2) is 17.0 Å². The van der Waals surface area contributed by atoms with Gasteiger partial charge in [-0.15, -0.1) is 0 Å². The van der Waals surface area contributed by atoms with Crippen molar-refractivity contribution in [3.05, 3.63) is 23.0 Å². The monoisotopic (exact) mass is 337 g/mol. The molecule has 0 amide bonds. The number of nitrogens with one attached hydrogen (secondary N) is 1. The Morgan fingerprint density at radius 3 is 2.48 bits per heavy atom. The number of hydrogen-bond donors (Lipinski definition) is 2. The number of anilines is 1. The molecular formula is C13H21ClFN3O2S. The van der Waals surface area contributed by atoms with Crippen LogP contribution < -0.4 is 10.5 Å². The third-order valence-electron chi connectivity index (χ3n) is 3.09. The fraction of sp³-hybridized carbons (Fsp3) is 0.538. The van der Waals surface area contributed by atoms with Gasteiger partial charge in [-0.05, 0) is 32.1 Å². The molecule has 120 valence electrons. The first-order valence-electron chi connectivity index (χ1n) is 6.70. The number of nitrogen functional groups attached to an aromatic ring is 1. The lowest BCUT2D eigenvalue weighted by atomic mass is 10.3. The molecule has 0 saturated carbocycles. The summed E-state index contributed by atoms with van der Waals surface area (Å²) in [5, 5.41) is -0.313. The van der Waals surface area contributed by atoms with Crippen LogP contribution in [-0.4, -0.2) is 39.0 Å². The molecule has 21 heavy (non-hydrogen) atoms. The van der Waals surface area contributed by atoms with Gasteiger partial charge in [-0.1, -0.05) is 25.4 Å². The number of sulfonamides is 1. The van der Waals surface area contributed by atoms with Crippen LogP contribution in [0.25, 0.3) is 0 Å². The summed E-state index contributed by atoms with van der Waals surface area (Å²) < 4.78 is 40.8. The molecule has 1 unspecified atom stereocenters. The van der Waals surface area contributed by atoms with E-state index in [4.69, 9.17) is 17.3 Å². The maximum atomic E-state index is 13.9. The summed E-state index contributed by atoms with van der Waals surface area (Å²) in [5.74, 6) is -0.992. The zero-order chi connectivity index (χ0) is 16.2. The first kappa shape index (κ1) is 18.2. The zero-order valence-electron chi connectivity index (χ0n) is 12.4. The van der Waals surface area contributed by atoms with Gasteiger partial charge in [0.05, 0.1) is 5.02 Å². The first-order valence-corrected chi connectivity index (χ1v) is 8.56. The van der Waals surface area contributed by atoms with Gasteiger partial charge >= 0.3 is 0 Å². The van der Waals surface area contributed by atoms with Gasteiger partial charge < -0.3 is 10.6 Å². The maximum absolute atomic E-state index is 13.9. The van der Waals surface area contributed by atoms with Crippen LogP contribution in [0.2, 0.25) is 5.02 Å². The quantitative estimate of drug-likeness (QED) is 0.747. The minimum absolute atomic E-state index is 0.0955. The molecule has 0 aliphatic rings. The number of nitrogens with zero attached hydrogens (tertiary/aromatic N) is 1. The molecule has 3 N–H and O–H groups in total. The van der Waals surface area contributed by atoms with Crippen molar-refractivity contribution in [3.63, 3.8) is 0 Å². The summed E-state index contributed by atoms with van der Waals surface area (Å²) in [6, 6.07) is 1.87. The first-order chi connectivity index (χ1) is 9.71. The number of benzene rings is 1. The zero-order valence-corrected chi connectivity index (χ0v) is 13.9. The van der Waals surface area contributed by atoms with Crippen LogP contribution in [0.3, 0.4) is 0 Å². The van der Waals surface area contributed by atoms with Gasteiger partial charge in [0.1, 0.15) is 4.90 Å². The Morgan fingerprint density at radius 1 is 1.38 bits per heavy atom. The molecular weight excluding hydrogens is 317 g/mol. The van der Waals surface area contributed by atoms with Gasteiger partial charge in [0.25, 0.3) is 0 Å². The fourth-order valence-corrected chi connectivity index (χ4v) is 3.67. The number of rotatable bonds is 7. The van der Waals surface area contributed by atoms with Crippen molar-refractivity contribution in [2.45, 2.75) is 31.7 Å². The van der Waals surface area contributed by atoms with Crippen LogP contribution in [0, 0.1) is 5.82 Å². The van der Waals surface area contributed by atoms with Crippen molar-refractivity contribution in [1.82, 2.24) is 9.62 Å². The van der Waals surface area contributed by atoms with Crippen molar-refractivity contribution < 1.29 is 12.8 Å². The second-order valence-corrected chi connectivity index (χ2v) is 6.91. The standard InChI is InChI=1S/C13H21ClFN3O2S/c1-4-18(5-2)8-9(3)17-21(19,20)12-7-10(16)6-11(14)13(12)15/h6-7,9,17H,4-5,8,16H2,1-3H3. The molecule has 0 bridgehead atoms. The minimum Gasteiger partial charge on any atom is -0.399 e. The normalized spacial score (nSPS) is 13.6. The summed E-state index contributed by atoms with van der Waals surface area (Å²) in [4.78, 5) is 1.54. The highest BCUT2D eigenvalue weighted by Crippen LogP contribution is 2.25. The SMILES string of the molecule is CCN(CC)CC(C)NS(=O)(=O)c1cc(N)cc(Cl)c1F. The topological polar surface area (TPSA) is 75.4 Å². The van der Waals surface area contributed by atoms with Gasteiger partial charge in [-0.2, -0.15) is 0 Å². The summed E-state index contributed by atoms with van der Waals surface area (Å²) in [6.07, 6.45) is 0. The molecule has 1 atom stereocenters. The minimum atomic E-state index is -4.01. The van der Waals surface area contributed by atoms with Crippen LogP contribution in [-0.2, 0) is 10.0 Å². The van der Waals surface area contributed by atoms with Gasteiger partial charge in [0.15, 0.2) is 5.82 Å². The lowest BCUT2D eigenvalue weighted by Gasteiger charge is -2.23. The van der Waals surface area contributed by atoms with Gasteiger partial charge in [-0.3, -0.25) is 0 Å². The molecule has 0 spiro atoms. The molecule has 0 fully saturated rings. The number of hydrogen-bond acceptors (Lipinski definition) is 4. The molecule has 1 aromatic rings. The average molecular weight is 338 g/mol. The van der Waals surface area contributed by atoms with E-state index in [0.717, 1.165) is 19.2 Å². The van der Waals surface area contributed by atoms with E-state index in [-0.39, 0.29) is 16.8 Å². The second kappa shape index (κ2) is 7.40. The summed E-state index contributed by atoms with van der Waals surface area (Å²) in [6.45, 7) is 7.85. The van der Waals surface area contributed by atoms with Crippen LogP contribution in [0.4, 0.5) is 10.1 Å². The van der Waals surface area contributed by atoms with E-state index in [1.54, 1.807) is 6.92 Å². The molecule has 0 aliphatic heterocycles. The van der Waals surface area contributed by atoms with Crippen molar-refractivity contribution in [2.24, 2.45) is 0 Å². The second-order valence-electron chi connectivity index (χ2n) is 4.82. The van der Waals surface area contributed by atoms with E-state index in [9.17, 15) is 12.8 Å². The largest absolute Gasteiger partial charge is 0.399 e. The van der Waals surface area contributed by atoms with Crippen molar-refractivity contribution in [2.75, 3.05) is 25.4 Å². The van der Waals surface area contributed by atoms with Crippen LogP contribution in [0.1, 0.15) is 20.8 Å². The number of likely N-dealkylation sites (N-methyl/N-ethyl adjacent to an activating group) is 1. The van der Waals surface area contributed by atoms with Crippen LogP contribution >= 0.6 is 11.6 Å². The third kappa shape index (κ3) is 4.81. The van der Waals surface area contributed by atoms with Gasteiger partial charge in [-0.25, -0.2) is 17.5 Å². The summed E-state index contributed by atoms with van der Waals surface area (Å²) >= 11 is 5.64. The Bertz CT molecular complexity index is 591. The number of nitrogens with two attached hydrogens (primary N) is 1. The predicted molar refractivity (Wildman–Crippen MR) is 83.4 cm³/mol. The van der Waals surface area contributed by atoms with E-state index in [1.807, 2.05) is 13.8 Å². The Hall–Kier alpha value is -0.890. The molecule has 0 aromatic heterocycles. The summed E-state index contributed by atoms with van der Waals surface area (Å²) in [7, 11) is -4.01. The summed E-state index contributed by atoms with van der Waals surface area (Å²) in [5.41, 5.74) is 5.62. The van der Waals surface area contributed by atoms with E-state index in [2.05, 4.69) is 9.62 Å². The fourth-order valence-electron chi connectivity index (χ4n) is 2.01. The molecule has 1 aromatic carbocycles. The third-order valence-corrected chi connectivity index (χ3v) is 4.95. The number of halogens is 2. The van der Waals surface area contributed by atoms with Crippen LogP contribution in [0.5, 0.6) is 0 Å². The van der Waals surface area contributed by atoms with Crippen molar-refractivity contribution in [3.8, 4) is 0 Å². The predicted octanol–water partition coefficient (Wildman–Crippen LogP) is 2.07. The van der Waals surface area contributed by atoms with Crippen molar-refractivity contribution in [1.29, 1.82) is 0 Å². The van der Waals surface area contributed by atoms with Gasteiger partial charge in [0, 0.05) is 18.3 Å². The maximum Gasteiger partial charge on any atom is 0.243 e. The van der Waals surface area contributed by atoms with E-state index in [1.165, 1.54) is 6.07 Å². The molecule has 0 radical (unpaired) electrons. The smallest absolute Gasteiger partial charge is 0.243 e. The van der Waals surface area contributed by atoms with E-state index >= 15 is 0 Å². The lowest BCUT2D eigenvalue weighted by Crippen LogP contribution is -2.42. The molecule has 8 heteroatoms. The molecule has 0 aliphatic carbocycles. The van der Waals surface area contributed by atoms with E-state index in [0.29, 0.717) is 6.54 Å². The molecule has 1 rings (SSSR count). The molecule has 5 nitrogen and oxygen atoms in total. The Morgan fingerprint density at radius 2 is 1.95 bits per heavy atom. The highest BCUT2D eigenvalue weighted by atomic mass is 35.5. The molecule has 0 saturated heterocycles. The van der Waals surface area contributed by atoms with E-state index < -0.39 is 20.7 Å². The Balaban J connectivity index is 2.97. The van der Waals surface area contributed by atoms with Gasteiger partial charge in [0.2, 0.25) is 10.0 Å². The lowest BCUT2D eigenvalue weighted by molar-refractivity contribution is 0.282. The highest BCUT2D eigenvalue weighted by Gasteiger charge is 2.24.